The van der Waals surface area contributed by atoms with E-state index in [0.29, 0.717) is 13.2 Å². The third-order valence-corrected chi connectivity index (χ3v) is 5.40. The Morgan fingerprint density at radius 3 is 1.00 bits per heavy atom. The molecular formula is C16H34O2S2. The second-order valence-corrected chi connectivity index (χ2v) is 7.66. The molecule has 0 amide bonds. The highest BCUT2D eigenvalue weighted by Gasteiger charge is 1.94. The molecule has 4 heteroatoms. The van der Waals surface area contributed by atoms with Crippen LogP contribution >= 0.6 is 23.5 Å². The first-order valence-electron chi connectivity index (χ1n) is 8.29. The first kappa shape index (κ1) is 20.6. The number of aliphatic hydroxyl groups is 2. The van der Waals surface area contributed by atoms with Crippen LogP contribution < -0.4 is 0 Å². The highest BCUT2D eigenvalue weighted by molar-refractivity contribution is 7.99. The molecule has 0 aromatic rings. The van der Waals surface area contributed by atoms with E-state index in [-0.39, 0.29) is 0 Å². The Kier molecular flexibility index (Phi) is 20.2. The van der Waals surface area contributed by atoms with Gasteiger partial charge in [-0.25, -0.2) is 0 Å². The average molecular weight is 323 g/mol. The molecule has 20 heavy (non-hydrogen) atoms. The summed E-state index contributed by atoms with van der Waals surface area (Å²) in [5.41, 5.74) is 0. The van der Waals surface area contributed by atoms with Crippen molar-refractivity contribution in [3.63, 3.8) is 0 Å². The van der Waals surface area contributed by atoms with Crippen LogP contribution in [0.5, 0.6) is 0 Å². The molecule has 0 saturated heterocycles. The van der Waals surface area contributed by atoms with Gasteiger partial charge in [-0.15, -0.1) is 0 Å². The molecule has 0 unspecified atom stereocenters. The summed E-state index contributed by atoms with van der Waals surface area (Å²) >= 11 is 3.74. The Labute approximate surface area is 134 Å². The van der Waals surface area contributed by atoms with Gasteiger partial charge in [0.1, 0.15) is 0 Å². The fourth-order valence-electron chi connectivity index (χ4n) is 2.16. The Balaban J connectivity index is 2.89. The molecule has 0 bridgehead atoms. The van der Waals surface area contributed by atoms with Gasteiger partial charge in [-0.3, -0.25) is 0 Å². The fourth-order valence-corrected chi connectivity index (χ4v) is 3.64. The zero-order chi connectivity index (χ0) is 14.7. The van der Waals surface area contributed by atoms with E-state index in [4.69, 9.17) is 10.2 Å². The summed E-state index contributed by atoms with van der Waals surface area (Å²) in [5.74, 6) is 4.24. The van der Waals surface area contributed by atoms with Gasteiger partial charge in [-0.1, -0.05) is 51.4 Å². The maximum Gasteiger partial charge on any atom is 0.0521 e. The molecule has 0 aromatic carbocycles. The summed E-state index contributed by atoms with van der Waals surface area (Å²) in [4.78, 5) is 0. The van der Waals surface area contributed by atoms with Gasteiger partial charge in [0.2, 0.25) is 0 Å². The lowest BCUT2D eigenvalue weighted by Crippen LogP contribution is -1.89. The number of hydrogen-bond donors (Lipinski definition) is 2. The molecule has 0 radical (unpaired) electrons. The zero-order valence-electron chi connectivity index (χ0n) is 13.0. The fraction of sp³-hybridized carbons (Fsp3) is 1.00. The third-order valence-electron chi connectivity index (χ3n) is 3.30. The molecule has 0 rings (SSSR count). The lowest BCUT2D eigenvalue weighted by Gasteiger charge is -2.03. The summed E-state index contributed by atoms with van der Waals surface area (Å²) in [5, 5.41) is 17.3. The van der Waals surface area contributed by atoms with E-state index in [1.54, 1.807) is 0 Å². The van der Waals surface area contributed by atoms with Crippen LogP contribution in [0, 0.1) is 0 Å². The number of aliphatic hydroxyl groups excluding tert-OH is 2. The van der Waals surface area contributed by atoms with Crippen molar-refractivity contribution in [3.05, 3.63) is 0 Å². The number of unbranched alkanes of at least 4 members (excludes halogenated alkanes) is 9. The van der Waals surface area contributed by atoms with Crippen molar-refractivity contribution < 1.29 is 10.2 Å². The lowest BCUT2D eigenvalue weighted by molar-refractivity contribution is 0.322. The predicted molar refractivity (Wildman–Crippen MR) is 95.0 cm³/mol. The lowest BCUT2D eigenvalue weighted by atomic mass is 10.1. The molecule has 0 spiro atoms. The van der Waals surface area contributed by atoms with Crippen molar-refractivity contribution >= 4 is 23.5 Å². The molecule has 0 heterocycles. The van der Waals surface area contributed by atoms with Crippen LogP contribution in [0.3, 0.4) is 0 Å². The van der Waals surface area contributed by atoms with Crippen LogP contribution in [0.15, 0.2) is 0 Å². The highest BCUT2D eigenvalue weighted by Crippen LogP contribution is 2.13. The molecule has 122 valence electrons. The van der Waals surface area contributed by atoms with Gasteiger partial charge in [0.15, 0.2) is 0 Å². The van der Waals surface area contributed by atoms with Crippen LogP contribution in [0.25, 0.3) is 0 Å². The van der Waals surface area contributed by atoms with E-state index in [9.17, 15) is 0 Å². The third kappa shape index (κ3) is 18.6. The molecular weight excluding hydrogens is 288 g/mol. The van der Waals surface area contributed by atoms with Crippen LogP contribution in [-0.4, -0.2) is 46.4 Å². The second kappa shape index (κ2) is 19.6. The Morgan fingerprint density at radius 1 is 0.400 bits per heavy atom. The summed E-state index contributed by atoms with van der Waals surface area (Å²) in [6.07, 6.45) is 13.7. The molecule has 0 aliphatic rings. The van der Waals surface area contributed by atoms with Gasteiger partial charge < -0.3 is 10.2 Å². The SMILES string of the molecule is OCCSCCCCCCCCCCCCSCCO. The minimum absolute atomic E-state index is 0.324. The minimum atomic E-state index is 0.324. The smallest absolute Gasteiger partial charge is 0.0521 e. The maximum atomic E-state index is 8.65. The monoisotopic (exact) mass is 322 g/mol. The Morgan fingerprint density at radius 2 is 0.700 bits per heavy atom. The molecule has 0 aliphatic carbocycles. The quantitative estimate of drug-likeness (QED) is 0.391. The highest BCUT2D eigenvalue weighted by atomic mass is 32.2. The van der Waals surface area contributed by atoms with Gasteiger partial charge in [-0.05, 0) is 24.3 Å². The standard InChI is InChI=1S/C16H34O2S2/c17-11-15-19-13-9-7-5-3-1-2-4-6-8-10-14-20-16-12-18/h17-18H,1-16H2. The van der Waals surface area contributed by atoms with Gasteiger partial charge in [0.05, 0.1) is 13.2 Å². The van der Waals surface area contributed by atoms with Crippen molar-refractivity contribution in [3.8, 4) is 0 Å². The van der Waals surface area contributed by atoms with E-state index >= 15 is 0 Å². The van der Waals surface area contributed by atoms with Crippen molar-refractivity contribution in [2.24, 2.45) is 0 Å². The second-order valence-electron chi connectivity index (χ2n) is 5.21. The van der Waals surface area contributed by atoms with Crippen LogP contribution in [0.4, 0.5) is 0 Å². The van der Waals surface area contributed by atoms with E-state index in [2.05, 4.69) is 0 Å². The van der Waals surface area contributed by atoms with Gasteiger partial charge in [0.25, 0.3) is 0 Å². The maximum absolute atomic E-state index is 8.65. The largest absolute Gasteiger partial charge is 0.396 e. The van der Waals surface area contributed by atoms with Crippen molar-refractivity contribution in [1.82, 2.24) is 0 Å². The van der Waals surface area contributed by atoms with Gasteiger partial charge >= 0.3 is 0 Å². The molecule has 2 N–H and O–H groups in total. The zero-order valence-corrected chi connectivity index (χ0v) is 14.7. The molecule has 0 aromatic heterocycles. The average Bonchev–Trinajstić information content (AvgIpc) is 2.47. The first-order valence-corrected chi connectivity index (χ1v) is 10.6. The van der Waals surface area contributed by atoms with Gasteiger partial charge in [-0.2, -0.15) is 23.5 Å². The van der Waals surface area contributed by atoms with Crippen LogP contribution in [-0.2, 0) is 0 Å². The van der Waals surface area contributed by atoms with E-state index in [1.807, 2.05) is 23.5 Å². The molecule has 0 saturated carbocycles. The predicted octanol–water partition coefficient (Wildman–Crippen LogP) is 4.34. The van der Waals surface area contributed by atoms with Crippen LogP contribution in [0.1, 0.15) is 64.2 Å². The molecule has 2 nitrogen and oxygen atoms in total. The molecule has 0 atom stereocenters. The topological polar surface area (TPSA) is 40.5 Å². The van der Waals surface area contributed by atoms with Crippen molar-refractivity contribution in [1.29, 1.82) is 0 Å². The molecule has 0 fully saturated rings. The Bertz CT molecular complexity index is 151. The number of hydrogen-bond acceptors (Lipinski definition) is 4. The van der Waals surface area contributed by atoms with Crippen molar-refractivity contribution in [2.75, 3.05) is 36.2 Å². The Hall–Kier alpha value is 0.620. The van der Waals surface area contributed by atoms with Crippen LogP contribution in [0.2, 0.25) is 0 Å². The molecule has 0 aliphatic heterocycles. The minimum Gasteiger partial charge on any atom is -0.396 e. The summed E-state index contributed by atoms with van der Waals surface area (Å²) in [6.45, 7) is 0.648. The van der Waals surface area contributed by atoms with Crippen molar-refractivity contribution in [2.45, 2.75) is 64.2 Å². The normalized spacial score (nSPS) is 11.1. The number of thioether (sulfide) groups is 2. The summed E-state index contributed by atoms with van der Waals surface area (Å²) in [7, 11) is 0. The number of rotatable bonds is 17. The van der Waals surface area contributed by atoms with E-state index in [1.165, 1.54) is 75.7 Å². The first-order chi connectivity index (χ1) is 9.91. The summed E-state index contributed by atoms with van der Waals surface area (Å²) < 4.78 is 0. The van der Waals surface area contributed by atoms with Gasteiger partial charge in [0, 0.05) is 11.5 Å². The van der Waals surface area contributed by atoms with E-state index < -0.39 is 0 Å². The van der Waals surface area contributed by atoms with E-state index in [0.717, 1.165) is 11.5 Å². The summed E-state index contributed by atoms with van der Waals surface area (Å²) in [6, 6.07) is 0.